The molecule has 0 radical (unpaired) electrons. The number of carbonyl (C=O) groups excluding carboxylic acids is 1. The van der Waals surface area contributed by atoms with Crippen LogP contribution in [0.25, 0.3) is 22.9 Å². The van der Waals surface area contributed by atoms with Gasteiger partial charge in [-0.25, -0.2) is 9.97 Å². The van der Waals surface area contributed by atoms with E-state index in [-0.39, 0.29) is 24.0 Å². The van der Waals surface area contributed by atoms with Gasteiger partial charge in [-0.15, -0.1) is 0 Å². The zero-order valence-electron chi connectivity index (χ0n) is 24.1. The number of hydrogen-bond donors (Lipinski definition) is 2. The summed E-state index contributed by atoms with van der Waals surface area (Å²) in [5.41, 5.74) is 13.5. The van der Waals surface area contributed by atoms with Gasteiger partial charge in [0.2, 0.25) is 0 Å². The highest BCUT2D eigenvalue weighted by molar-refractivity contribution is 7.16. The molecule has 4 N–H and O–H groups in total. The van der Waals surface area contributed by atoms with Crippen LogP contribution in [0.2, 0.25) is 0 Å². The van der Waals surface area contributed by atoms with E-state index in [0.29, 0.717) is 77.9 Å². The molecule has 6 heterocycles. The Kier molecular flexibility index (Phi) is 7.15. The van der Waals surface area contributed by atoms with Crippen molar-refractivity contribution >= 4 is 38.7 Å². The van der Waals surface area contributed by atoms with E-state index in [1.807, 2.05) is 24.3 Å². The minimum atomic E-state index is -0.674. The third-order valence-corrected chi connectivity index (χ3v) is 11.4. The molecule has 4 fully saturated rings. The van der Waals surface area contributed by atoms with Gasteiger partial charge in [0, 0.05) is 37.5 Å². The van der Waals surface area contributed by atoms with Gasteiger partial charge in [-0.05, 0) is 49.9 Å². The summed E-state index contributed by atoms with van der Waals surface area (Å²) in [7, 11) is 0. The fraction of sp³-hybridized carbons (Fsp3) is 0.516. The lowest BCUT2D eigenvalue weighted by Gasteiger charge is -2.39. The maximum absolute atomic E-state index is 13.7. The smallest absolute Gasteiger partial charge is 0.181 e. The molecule has 2 aliphatic carbocycles. The van der Waals surface area contributed by atoms with Crippen LogP contribution in [0.4, 0.5) is 10.3 Å². The van der Waals surface area contributed by atoms with Crippen molar-refractivity contribution in [1.29, 1.82) is 0 Å². The van der Waals surface area contributed by atoms with Crippen molar-refractivity contribution in [2.45, 2.75) is 75.1 Å². The van der Waals surface area contributed by atoms with Crippen molar-refractivity contribution in [2.75, 3.05) is 24.7 Å². The first-order valence-electron chi connectivity index (χ1n) is 15.2. The number of nitrogens with zero attached hydrogens (tertiary/aromatic N) is 2. The summed E-state index contributed by atoms with van der Waals surface area (Å²) in [6.07, 6.45) is 8.45. The summed E-state index contributed by atoms with van der Waals surface area (Å²) >= 11 is 2.81. The second-order valence-corrected chi connectivity index (χ2v) is 14.2. The minimum Gasteiger partial charge on any atom is -0.463 e. The first-order valence-corrected chi connectivity index (χ1v) is 16.8. The molecule has 4 aromatic heterocycles. The minimum absolute atomic E-state index is 0.0119. The predicted octanol–water partition coefficient (Wildman–Crippen LogP) is 6.50. The Morgan fingerprint density at radius 2 is 1.16 bits per heavy atom. The zero-order valence-corrected chi connectivity index (χ0v) is 25.7. The van der Waals surface area contributed by atoms with Gasteiger partial charge in [-0.2, -0.15) is 0 Å². The number of thiazole rings is 2. The number of ketones is 1. The summed E-state index contributed by atoms with van der Waals surface area (Å²) in [5, 5.41) is 0.936. The van der Waals surface area contributed by atoms with E-state index in [1.165, 1.54) is 22.7 Å². The molecule has 2 spiro atoms. The average Bonchev–Trinajstić information content (AvgIpc) is 3.87. The molecule has 0 aromatic carbocycles. The highest BCUT2D eigenvalue weighted by Gasteiger charge is 2.50. The molecule has 44 heavy (non-hydrogen) atoms. The molecule has 2 aliphatic heterocycles. The van der Waals surface area contributed by atoms with Crippen LogP contribution in [-0.2, 0) is 23.7 Å². The van der Waals surface area contributed by atoms with Crippen LogP contribution < -0.4 is 11.5 Å². The van der Waals surface area contributed by atoms with Crippen LogP contribution in [0.3, 0.4) is 0 Å². The lowest BCUT2D eigenvalue weighted by Crippen LogP contribution is -2.41. The molecule has 4 aromatic rings. The molecule has 2 atom stereocenters. The largest absolute Gasteiger partial charge is 0.463 e. The number of carbonyl (C=O) groups is 1. The number of anilines is 2. The monoisotopic (exact) mass is 638 g/mol. The van der Waals surface area contributed by atoms with Gasteiger partial charge < -0.3 is 39.2 Å². The molecule has 8 rings (SSSR count). The van der Waals surface area contributed by atoms with Gasteiger partial charge in [-0.1, -0.05) is 22.7 Å². The Morgan fingerprint density at radius 1 is 0.727 bits per heavy atom. The second kappa shape index (κ2) is 11.1. The Labute approximate surface area is 261 Å². The Morgan fingerprint density at radius 3 is 1.55 bits per heavy atom. The molecule has 13 heteroatoms. The van der Waals surface area contributed by atoms with Crippen molar-refractivity contribution in [3.8, 4) is 22.9 Å². The van der Waals surface area contributed by atoms with Crippen LogP contribution in [0, 0.1) is 11.8 Å². The molecule has 11 nitrogen and oxygen atoms in total. The quantitative estimate of drug-likeness (QED) is 0.237. The topological polar surface area (TPSA) is 158 Å². The fourth-order valence-corrected chi connectivity index (χ4v) is 8.93. The van der Waals surface area contributed by atoms with Gasteiger partial charge >= 0.3 is 0 Å². The van der Waals surface area contributed by atoms with Crippen LogP contribution in [0.15, 0.2) is 45.6 Å². The van der Waals surface area contributed by atoms with E-state index in [0.717, 1.165) is 35.4 Å². The van der Waals surface area contributed by atoms with Crippen molar-refractivity contribution in [2.24, 2.45) is 11.8 Å². The summed E-state index contributed by atoms with van der Waals surface area (Å²) < 4.78 is 36.8. The second-order valence-electron chi connectivity index (χ2n) is 12.1. The maximum Gasteiger partial charge on any atom is 0.181 e. The van der Waals surface area contributed by atoms with E-state index < -0.39 is 11.6 Å². The summed E-state index contributed by atoms with van der Waals surface area (Å²) in [5.74, 6) is 0.354. The van der Waals surface area contributed by atoms with Crippen molar-refractivity contribution in [3.05, 3.63) is 46.5 Å². The van der Waals surface area contributed by atoms with Crippen molar-refractivity contribution in [3.63, 3.8) is 0 Å². The van der Waals surface area contributed by atoms with Gasteiger partial charge in [0.05, 0.1) is 35.5 Å². The Hall–Kier alpha value is -3.07. The third kappa shape index (κ3) is 5.09. The number of aromatic nitrogens is 2. The zero-order chi connectivity index (χ0) is 29.9. The lowest BCUT2D eigenvalue weighted by atomic mass is 9.74. The predicted molar refractivity (Wildman–Crippen MR) is 162 cm³/mol. The standard InChI is InChI=1S/C31H34N4O7S2/c32-28-34-23(19-3-1-13-37-19)26(43-28)21-15-39-30(41-21)9-5-17(6-10-30)25(36)18-7-11-31(12-8-18)40-16-22(42-31)27-24(35-29(33)44-27)20-4-2-14-38-20/h1-4,13-14,17-18,21-22H,5-12,15-16H2,(H2,32,34)(H2,33,35). The van der Waals surface area contributed by atoms with E-state index in [4.69, 9.17) is 39.2 Å². The van der Waals surface area contributed by atoms with Crippen molar-refractivity contribution in [1.82, 2.24) is 9.97 Å². The summed E-state index contributed by atoms with van der Waals surface area (Å²) in [6, 6.07) is 7.39. The molecule has 4 aliphatic rings. The number of Topliss-reactive ketones (excluding diaryl/α,β-unsaturated/α-hetero) is 1. The molecule has 232 valence electrons. The Balaban J connectivity index is 0.859. The van der Waals surface area contributed by atoms with Crippen LogP contribution in [0.1, 0.15) is 73.3 Å². The molecule has 2 saturated heterocycles. The first kappa shape index (κ1) is 28.4. The van der Waals surface area contributed by atoms with Crippen LogP contribution >= 0.6 is 22.7 Å². The normalized spacial score (nSPS) is 32.2. The Bertz CT molecular complexity index is 1500. The van der Waals surface area contributed by atoms with Gasteiger partial charge in [0.25, 0.3) is 0 Å². The molecule has 2 unspecified atom stereocenters. The fourth-order valence-electron chi connectivity index (χ4n) is 7.22. The van der Waals surface area contributed by atoms with Gasteiger partial charge in [0.15, 0.2) is 33.4 Å². The van der Waals surface area contributed by atoms with E-state index in [9.17, 15) is 4.79 Å². The van der Waals surface area contributed by atoms with E-state index in [2.05, 4.69) is 9.97 Å². The number of furan rings is 2. The number of nitrogen functional groups attached to an aromatic ring is 2. The summed E-state index contributed by atoms with van der Waals surface area (Å²) in [6.45, 7) is 0.855. The SMILES string of the molecule is Nc1nc(-c2ccco2)c(C2COC3(CCC(C(=O)C4CCC5(CC4)OCC(c4sc(N)nc4-c4ccco4)O5)CC3)O2)s1. The summed E-state index contributed by atoms with van der Waals surface area (Å²) in [4.78, 5) is 24.4. The van der Waals surface area contributed by atoms with E-state index >= 15 is 0 Å². The maximum atomic E-state index is 13.7. The molecule has 0 amide bonds. The number of nitrogens with two attached hydrogens (primary N) is 2. The number of rotatable bonds is 6. The van der Waals surface area contributed by atoms with Gasteiger partial charge in [0.1, 0.15) is 29.4 Å². The van der Waals surface area contributed by atoms with Gasteiger partial charge in [-0.3, -0.25) is 4.79 Å². The highest BCUT2D eigenvalue weighted by atomic mass is 32.1. The average molecular weight is 639 g/mol. The number of hydrogen-bond acceptors (Lipinski definition) is 13. The highest BCUT2D eigenvalue weighted by Crippen LogP contribution is 2.50. The van der Waals surface area contributed by atoms with Crippen molar-refractivity contribution < 1.29 is 32.6 Å². The van der Waals surface area contributed by atoms with E-state index in [1.54, 1.807) is 12.5 Å². The lowest BCUT2D eigenvalue weighted by molar-refractivity contribution is -0.198. The molecular formula is C31H34N4O7S2. The van der Waals surface area contributed by atoms with Crippen LogP contribution in [0.5, 0.6) is 0 Å². The molecular weight excluding hydrogens is 604 g/mol. The third-order valence-electron chi connectivity index (χ3n) is 9.44. The molecule has 2 saturated carbocycles. The molecule has 0 bridgehead atoms. The number of ether oxygens (including phenoxy) is 4. The first-order chi connectivity index (χ1) is 21.4. The van der Waals surface area contributed by atoms with Crippen LogP contribution in [-0.4, -0.2) is 40.5 Å².